The molecule has 1 aromatic carbocycles. The van der Waals surface area contributed by atoms with Crippen molar-refractivity contribution in [2.45, 2.75) is 25.7 Å². The summed E-state index contributed by atoms with van der Waals surface area (Å²) >= 11 is 1.50. The molecule has 0 bridgehead atoms. The lowest BCUT2D eigenvalue weighted by Crippen LogP contribution is -2.11. The van der Waals surface area contributed by atoms with Gasteiger partial charge in [-0.05, 0) is 43.3 Å². The second-order valence-corrected chi connectivity index (χ2v) is 6.61. The molecule has 1 aliphatic carbocycles. The van der Waals surface area contributed by atoms with Crippen LogP contribution in [0.1, 0.15) is 40.5 Å². The first kappa shape index (κ1) is 14.1. The number of rotatable bonds is 4. The van der Waals surface area contributed by atoms with Crippen LogP contribution in [-0.4, -0.2) is 21.1 Å². The fraction of sp³-hybridized carbons (Fsp3) is 0.235. The van der Waals surface area contributed by atoms with Gasteiger partial charge in [0.2, 0.25) is 0 Å². The molecule has 5 nitrogen and oxygen atoms in total. The van der Waals surface area contributed by atoms with E-state index in [1.807, 2.05) is 41.9 Å². The van der Waals surface area contributed by atoms with E-state index in [2.05, 4.69) is 20.5 Å². The highest BCUT2D eigenvalue weighted by atomic mass is 32.1. The molecule has 2 N–H and O–H groups in total. The second-order valence-electron chi connectivity index (χ2n) is 5.83. The maximum atomic E-state index is 12.3. The third-order valence-corrected chi connectivity index (χ3v) is 4.60. The minimum Gasteiger partial charge on any atom is -0.321 e. The molecule has 2 aromatic heterocycles. The van der Waals surface area contributed by atoms with Crippen LogP contribution in [0.3, 0.4) is 0 Å². The molecule has 3 aromatic rings. The number of carbonyl (C=O) groups is 1. The number of H-pyrrole nitrogens is 1. The molecule has 0 unspecified atom stereocenters. The molecule has 1 saturated carbocycles. The molecule has 0 spiro atoms. The van der Waals surface area contributed by atoms with Gasteiger partial charge in [0.1, 0.15) is 5.82 Å². The SMILES string of the molecule is Cc1ccc(NC(=O)c2ccsc2)c(-c2n[nH]c(C3CC3)n2)c1. The molecule has 23 heavy (non-hydrogen) atoms. The number of nitrogens with zero attached hydrogens (tertiary/aromatic N) is 2. The summed E-state index contributed by atoms with van der Waals surface area (Å²) in [4.78, 5) is 16.9. The Balaban J connectivity index is 1.67. The van der Waals surface area contributed by atoms with Gasteiger partial charge in [-0.2, -0.15) is 16.4 Å². The number of aromatic nitrogens is 3. The van der Waals surface area contributed by atoms with E-state index >= 15 is 0 Å². The Labute approximate surface area is 137 Å². The largest absolute Gasteiger partial charge is 0.321 e. The van der Waals surface area contributed by atoms with Gasteiger partial charge in [0, 0.05) is 16.9 Å². The summed E-state index contributed by atoms with van der Waals surface area (Å²) in [5, 5.41) is 14.0. The normalized spacial score (nSPS) is 14.0. The number of nitrogens with one attached hydrogen (secondary N) is 2. The second kappa shape index (κ2) is 5.62. The molecule has 0 aliphatic heterocycles. The summed E-state index contributed by atoms with van der Waals surface area (Å²) in [6.45, 7) is 2.02. The third kappa shape index (κ3) is 2.90. The van der Waals surface area contributed by atoms with Gasteiger partial charge in [-0.25, -0.2) is 4.98 Å². The zero-order chi connectivity index (χ0) is 15.8. The standard InChI is InChI=1S/C17H16N4OS/c1-10-2-5-14(18-17(22)12-6-7-23-9-12)13(8-10)16-19-15(20-21-16)11-3-4-11/h2,5-9,11H,3-4H2,1H3,(H,18,22)(H,19,20,21). The van der Waals surface area contributed by atoms with Gasteiger partial charge in [-0.1, -0.05) is 11.6 Å². The number of aryl methyl sites for hydroxylation is 1. The summed E-state index contributed by atoms with van der Waals surface area (Å²) in [6.07, 6.45) is 2.34. The van der Waals surface area contributed by atoms with Crippen LogP contribution in [0.2, 0.25) is 0 Å². The number of thiophene rings is 1. The first-order valence-corrected chi connectivity index (χ1v) is 8.52. The van der Waals surface area contributed by atoms with Crippen LogP contribution in [0.4, 0.5) is 5.69 Å². The molecule has 6 heteroatoms. The number of carbonyl (C=O) groups excluding carboxylic acids is 1. The fourth-order valence-corrected chi connectivity index (χ4v) is 3.11. The summed E-state index contributed by atoms with van der Waals surface area (Å²) < 4.78 is 0. The molecular formula is C17H16N4OS. The average Bonchev–Trinajstić information content (AvgIpc) is 3.05. The van der Waals surface area contributed by atoms with E-state index in [1.54, 1.807) is 0 Å². The van der Waals surface area contributed by atoms with Crippen molar-refractivity contribution in [3.8, 4) is 11.4 Å². The van der Waals surface area contributed by atoms with Gasteiger partial charge in [0.05, 0.1) is 11.3 Å². The van der Waals surface area contributed by atoms with Gasteiger partial charge >= 0.3 is 0 Å². The highest BCUT2D eigenvalue weighted by molar-refractivity contribution is 7.08. The summed E-state index contributed by atoms with van der Waals surface area (Å²) in [6, 6.07) is 7.69. The highest BCUT2D eigenvalue weighted by Gasteiger charge is 2.27. The van der Waals surface area contributed by atoms with E-state index in [4.69, 9.17) is 0 Å². The van der Waals surface area contributed by atoms with Crippen LogP contribution < -0.4 is 5.32 Å². The number of anilines is 1. The van der Waals surface area contributed by atoms with E-state index in [9.17, 15) is 4.79 Å². The lowest BCUT2D eigenvalue weighted by atomic mass is 10.1. The molecule has 0 radical (unpaired) electrons. The Morgan fingerprint density at radius 2 is 2.22 bits per heavy atom. The maximum Gasteiger partial charge on any atom is 0.256 e. The molecule has 116 valence electrons. The average molecular weight is 324 g/mol. The summed E-state index contributed by atoms with van der Waals surface area (Å²) in [5.41, 5.74) is 3.34. The van der Waals surface area contributed by atoms with Crippen LogP contribution >= 0.6 is 11.3 Å². The fourth-order valence-electron chi connectivity index (χ4n) is 2.47. The third-order valence-electron chi connectivity index (χ3n) is 3.91. The molecule has 2 heterocycles. The Bertz CT molecular complexity index is 849. The topological polar surface area (TPSA) is 70.7 Å². The molecular weight excluding hydrogens is 308 g/mol. The highest BCUT2D eigenvalue weighted by Crippen LogP contribution is 2.39. The monoisotopic (exact) mass is 324 g/mol. The van der Waals surface area contributed by atoms with E-state index in [0.717, 1.165) is 22.6 Å². The number of amides is 1. The molecule has 4 rings (SSSR count). The van der Waals surface area contributed by atoms with Gasteiger partial charge in [0.25, 0.3) is 5.91 Å². The van der Waals surface area contributed by atoms with Crippen molar-refractivity contribution in [2.75, 3.05) is 5.32 Å². The predicted octanol–water partition coefficient (Wildman–Crippen LogP) is 3.97. The van der Waals surface area contributed by atoms with Crippen LogP contribution in [0.25, 0.3) is 11.4 Å². The minimum atomic E-state index is -0.116. The van der Waals surface area contributed by atoms with Gasteiger partial charge < -0.3 is 5.32 Å². The van der Waals surface area contributed by atoms with Crippen molar-refractivity contribution in [1.29, 1.82) is 0 Å². The Morgan fingerprint density at radius 1 is 1.35 bits per heavy atom. The van der Waals surface area contributed by atoms with Crippen molar-refractivity contribution in [2.24, 2.45) is 0 Å². The van der Waals surface area contributed by atoms with Crippen molar-refractivity contribution < 1.29 is 4.79 Å². The van der Waals surface area contributed by atoms with Crippen LogP contribution in [-0.2, 0) is 0 Å². The molecule has 1 fully saturated rings. The Kier molecular flexibility index (Phi) is 3.46. The quantitative estimate of drug-likeness (QED) is 0.763. The van der Waals surface area contributed by atoms with Crippen LogP contribution in [0.5, 0.6) is 0 Å². The predicted molar refractivity (Wildman–Crippen MR) is 90.8 cm³/mol. The van der Waals surface area contributed by atoms with E-state index < -0.39 is 0 Å². The van der Waals surface area contributed by atoms with Crippen molar-refractivity contribution >= 4 is 22.9 Å². The lowest BCUT2D eigenvalue weighted by Gasteiger charge is -2.09. The Morgan fingerprint density at radius 3 is 2.96 bits per heavy atom. The van der Waals surface area contributed by atoms with E-state index in [0.29, 0.717) is 17.3 Å². The van der Waals surface area contributed by atoms with Crippen LogP contribution in [0.15, 0.2) is 35.0 Å². The number of hydrogen-bond acceptors (Lipinski definition) is 4. The van der Waals surface area contributed by atoms with Crippen LogP contribution in [0, 0.1) is 6.92 Å². The van der Waals surface area contributed by atoms with Gasteiger partial charge in [-0.3, -0.25) is 9.89 Å². The smallest absolute Gasteiger partial charge is 0.256 e. The number of benzene rings is 1. The summed E-state index contributed by atoms with van der Waals surface area (Å²) in [7, 11) is 0. The zero-order valence-electron chi connectivity index (χ0n) is 12.7. The van der Waals surface area contributed by atoms with Crippen molar-refractivity contribution in [1.82, 2.24) is 15.2 Å². The van der Waals surface area contributed by atoms with E-state index in [1.165, 1.54) is 24.2 Å². The maximum absolute atomic E-state index is 12.3. The van der Waals surface area contributed by atoms with Crippen molar-refractivity contribution in [3.63, 3.8) is 0 Å². The van der Waals surface area contributed by atoms with Crippen molar-refractivity contribution in [3.05, 3.63) is 52.0 Å². The molecule has 0 saturated heterocycles. The minimum absolute atomic E-state index is 0.116. The van der Waals surface area contributed by atoms with Gasteiger partial charge in [-0.15, -0.1) is 0 Å². The number of aromatic amines is 1. The van der Waals surface area contributed by atoms with E-state index in [-0.39, 0.29) is 5.91 Å². The van der Waals surface area contributed by atoms with Gasteiger partial charge in [0.15, 0.2) is 5.82 Å². The first-order chi connectivity index (χ1) is 11.2. The number of hydrogen-bond donors (Lipinski definition) is 2. The molecule has 0 atom stereocenters. The lowest BCUT2D eigenvalue weighted by molar-refractivity contribution is 0.102. The Hall–Kier alpha value is -2.47. The summed E-state index contributed by atoms with van der Waals surface area (Å²) in [5.74, 6) is 1.98. The molecule has 1 amide bonds. The molecule has 1 aliphatic rings. The first-order valence-electron chi connectivity index (χ1n) is 7.57. The zero-order valence-corrected chi connectivity index (χ0v) is 13.5.